The first-order valence-corrected chi connectivity index (χ1v) is 8.53. The summed E-state index contributed by atoms with van der Waals surface area (Å²) in [5.74, 6) is 0. The molecule has 0 bridgehead atoms. The summed E-state index contributed by atoms with van der Waals surface area (Å²) in [6.45, 7) is 0.744. The van der Waals surface area contributed by atoms with Gasteiger partial charge in [-0.15, -0.1) is 11.3 Å². The van der Waals surface area contributed by atoms with E-state index in [1.54, 1.807) is 11.3 Å². The summed E-state index contributed by atoms with van der Waals surface area (Å²) < 4.78 is 5.62. The number of halogens is 2. The van der Waals surface area contributed by atoms with Crippen LogP contribution in [0.2, 0.25) is 9.36 Å². The molecule has 0 radical (unpaired) electrons. The third-order valence-electron chi connectivity index (χ3n) is 3.12. The minimum atomic E-state index is -0.459. The standard InChI is InChI=1S/C11H8Cl2S.C5H10O3/c12-10-4-2-1-3-8(10)7-9-5-6-11(13)14-9;6-4-1-5(7)3-8-2-4/h1-6H,7H2;4-7H,1-3H2. The Hall–Kier alpha value is -0.620. The second-order valence-electron chi connectivity index (χ2n) is 5.05. The van der Waals surface area contributed by atoms with E-state index in [1.165, 1.54) is 4.88 Å². The van der Waals surface area contributed by atoms with E-state index in [1.807, 2.05) is 36.4 Å². The van der Waals surface area contributed by atoms with Crippen LogP contribution in [0.4, 0.5) is 0 Å². The van der Waals surface area contributed by atoms with Crippen molar-refractivity contribution in [3.05, 3.63) is 56.2 Å². The van der Waals surface area contributed by atoms with Gasteiger partial charge in [-0.2, -0.15) is 0 Å². The summed E-state index contributed by atoms with van der Waals surface area (Å²) in [7, 11) is 0. The van der Waals surface area contributed by atoms with E-state index in [0.717, 1.165) is 21.3 Å². The van der Waals surface area contributed by atoms with E-state index in [0.29, 0.717) is 19.6 Å². The smallest absolute Gasteiger partial charge is 0.0931 e. The fourth-order valence-electron chi connectivity index (χ4n) is 2.07. The minimum absolute atomic E-state index is 0.372. The van der Waals surface area contributed by atoms with Crippen molar-refractivity contribution in [1.29, 1.82) is 0 Å². The zero-order valence-corrected chi connectivity index (χ0v) is 14.2. The van der Waals surface area contributed by atoms with E-state index >= 15 is 0 Å². The highest BCUT2D eigenvalue weighted by molar-refractivity contribution is 7.16. The first-order chi connectivity index (χ1) is 10.5. The van der Waals surface area contributed by atoms with Gasteiger partial charge in [0, 0.05) is 22.7 Å². The topological polar surface area (TPSA) is 49.7 Å². The third kappa shape index (κ3) is 5.88. The lowest BCUT2D eigenvalue weighted by atomic mass is 10.1. The molecule has 1 aliphatic heterocycles. The predicted octanol–water partition coefficient (Wildman–Crippen LogP) is 3.77. The molecule has 2 heterocycles. The summed E-state index contributed by atoms with van der Waals surface area (Å²) in [5.41, 5.74) is 1.15. The van der Waals surface area contributed by atoms with E-state index in [-0.39, 0.29) is 0 Å². The first-order valence-electron chi connectivity index (χ1n) is 6.96. The maximum Gasteiger partial charge on any atom is 0.0931 e. The Morgan fingerprint density at radius 2 is 1.73 bits per heavy atom. The molecular weight excluding hydrogens is 343 g/mol. The van der Waals surface area contributed by atoms with Gasteiger partial charge in [-0.3, -0.25) is 0 Å². The van der Waals surface area contributed by atoms with Gasteiger partial charge in [-0.25, -0.2) is 0 Å². The van der Waals surface area contributed by atoms with Crippen molar-refractivity contribution >= 4 is 34.5 Å². The second kappa shape index (κ2) is 8.87. The van der Waals surface area contributed by atoms with Gasteiger partial charge in [0.25, 0.3) is 0 Å². The van der Waals surface area contributed by atoms with Crippen LogP contribution in [0.25, 0.3) is 0 Å². The Balaban J connectivity index is 0.000000188. The van der Waals surface area contributed by atoms with Gasteiger partial charge in [0.2, 0.25) is 0 Å². The summed E-state index contributed by atoms with van der Waals surface area (Å²) in [4.78, 5) is 1.24. The fraction of sp³-hybridized carbons (Fsp3) is 0.375. The molecule has 1 saturated heterocycles. The largest absolute Gasteiger partial charge is 0.391 e. The third-order valence-corrected chi connectivity index (χ3v) is 4.72. The molecule has 120 valence electrons. The van der Waals surface area contributed by atoms with Crippen LogP contribution in [-0.2, 0) is 11.2 Å². The van der Waals surface area contributed by atoms with Crippen molar-refractivity contribution in [2.75, 3.05) is 13.2 Å². The van der Waals surface area contributed by atoms with Crippen LogP contribution in [0.5, 0.6) is 0 Å². The monoisotopic (exact) mass is 360 g/mol. The van der Waals surface area contributed by atoms with Crippen molar-refractivity contribution < 1.29 is 14.9 Å². The predicted molar refractivity (Wildman–Crippen MR) is 91.0 cm³/mol. The van der Waals surface area contributed by atoms with Crippen molar-refractivity contribution in [3.63, 3.8) is 0 Å². The number of aliphatic hydroxyl groups is 2. The van der Waals surface area contributed by atoms with Crippen molar-refractivity contribution in [2.45, 2.75) is 25.0 Å². The number of hydrogen-bond donors (Lipinski definition) is 2. The molecule has 2 atom stereocenters. The molecule has 3 rings (SSSR count). The number of ether oxygens (including phenoxy) is 1. The zero-order chi connectivity index (χ0) is 15.9. The Morgan fingerprint density at radius 1 is 1.05 bits per heavy atom. The average molecular weight is 361 g/mol. The molecule has 0 amide bonds. The van der Waals surface area contributed by atoms with Gasteiger partial charge in [0.1, 0.15) is 0 Å². The first kappa shape index (κ1) is 17.7. The van der Waals surface area contributed by atoms with Crippen molar-refractivity contribution in [1.82, 2.24) is 0 Å². The second-order valence-corrected chi connectivity index (χ2v) is 7.26. The maximum absolute atomic E-state index is 8.79. The Morgan fingerprint density at radius 3 is 2.23 bits per heavy atom. The minimum Gasteiger partial charge on any atom is -0.391 e. The van der Waals surface area contributed by atoms with Gasteiger partial charge in [-0.05, 0) is 23.8 Å². The van der Waals surface area contributed by atoms with Crippen LogP contribution in [0.3, 0.4) is 0 Å². The molecule has 3 nitrogen and oxygen atoms in total. The number of thiophene rings is 1. The Bertz CT molecular complexity index is 580. The van der Waals surface area contributed by atoms with Crippen LogP contribution in [0.1, 0.15) is 16.9 Å². The summed E-state index contributed by atoms with van der Waals surface area (Å²) in [5, 5.41) is 18.4. The highest BCUT2D eigenvalue weighted by atomic mass is 35.5. The number of rotatable bonds is 2. The van der Waals surface area contributed by atoms with Crippen molar-refractivity contribution in [2.24, 2.45) is 0 Å². The number of aliphatic hydroxyl groups excluding tert-OH is 2. The normalized spacial score (nSPS) is 21.1. The molecule has 0 saturated carbocycles. The van der Waals surface area contributed by atoms with Crippen LogP contribution in [0.15, 0.2) is 36.4 Å². The molecular formula is C16H18Cl2O3S. The molecule has 1 aromatic carbocycles. The van der Waals surface area contributed by atoms with Gasteiger partial charge in [0.05, 0.1) is 29.8 Å². The zero-order valence-electron chi connectivity index (χ0n) is 11.9. The van der Waals surface area contributed by atoms with Crippen LogP contribution in [0, 0.1) is 0 Å². The van der Waals surface area contributed by atoms with E-state index in [9.17, 15) is 0 Å². The van der Waals surface area contributed by atoms with Crippen LogP contribution >= 0.6 is 34.5 Å². The van der Waals surface area contributed by atoms with Crippen molar-refractivity contribution in [3.8, 4) is 0 Å². The summed E-state index contributed by atoms with van der Waals surface area (Å²) in [6, 6.07) is 11.8. The van der Waals surface area contributed by atoms with E-state index in [4.69, 9.17) is 38.2 Å². The lowest BCUT2D eigenvalue weighted by Crippen LogP contribution is -2.32. The Kier molecular flexibility index (Phi) is 7.15. The van der Waals surface area contributed by atoms with Gasteiger partial charge in [0.15, 0.2) is 0 Å². The fourth-order valence-corrected chi connectivity index (χ4v) is 3.38. The molecule has 2 unspecified atom stereocenters. The van der Waals surface area contributed by atoms with Crippen LogP contribution < -0.4 is 0 Å². The maximum atomic E-state index is 8.79. The average Bonchev–Trinajstić information content (AvgIpc) is 2.87. The molecule has 6 heteroatoms. The molecule has 0 spiro atoms. The lowest BCUT2D eigenvalue weighted by Gasteiger charge is -2.21. The molecule has 0 aliphatic carbocycles. The van der Waals surface area contributed by atoms with Gasteiger partial charge in [-0.1, -0.05) is 41.4 Å². The SMILES string of the molecule is Clc1ccc(Cc2ccccc2Cl)s1.OC1COCC(O)C1. The van der Waals surface area contributed by atoms with Gasteiger partial charge < -0.3 is 14.9 Å². The summed E-state index contributed by atoms with van der Waals surface area (Å²) in [6.07, 6.45) is 0.398. The number of benzene rings is 1. The summed E-state index contributed by atoms with van der Waals surface area (Å²) >= 11 is 13.5. The highest BCUT2D eigenvalue weighted by Gasteiger charge is 2.17. The van der Waals surface area contributed by atoms with E-state index < -0.39 is 12.2 Å². The molecule has 1 aromatic heterocycles. The van der Waals surface area contributed by atoms with Gasteiger partial charge >= 0.3 is 0 Å². The molecule has 22 heavy (non-hydrogen) atoms. The van der Waals surface area contributed by atoms with E-state index in [2.05, 4.69) is 0 Å². The molecule has 2 N–H and O–H groups in total. The quantitative estimate of drug-likeness (QED) is 0.856. The molecule has 1 fully saturated rings. The Labute approximate surface area is 144 Å². The number of hydrogen-bond acceptors (Lipinski definition) is 4. The molecule has 2 aromatic rings. The highest BCUT2D eigenvalue weighted by Crippen LogP contribution is 2.26. The lowest BCUT2D eigenvalue weighted by molar-refractivity contribution is -0.0714. The van der Waals surface area contributed by atoms with Crippen LogP contribution in [-0.4, -0.2) is 35.6 Å². The molecule has 1 aliphatic rings.